The molecular formula is C17H17ClN2O3S2. The summed E-state index contributed by atoms with van der Waals surface area (Å²) in [5, 5.41) is 0.592. The molecule has 2 aromatic carbocycles. The Hall–Kier alpha value is -1.67. The highest BCUT2D eigenvalue weighted by Gasteiger charge is 2.18. The van der Waals surface area contributed by atoms with Crippen LogP contribution in [0.5, 0.6) is 0 Å². The number of benzene rings is 2. The fraction of sp³-hybridized carbons (Fsp3) is 0.235. The predicted octanol–water partition coefficient (Wildman–Crippen LogP) is 3.45. The number of sulfonamides is 1. The minimum Gasteiger partial charge on any atom is -0.294 e. The standard InChI is InChI=1S/C17H17ClN2O3S2/c1-11(2)19-25(22,23)13-7-8-15-16(9-13)24-17(21)20(15)10-12-5-3-4-6-14(12)18/h3-9,11,19H,10H2,1-2H3. The second-order valence-electron chi connectivity index (χ2n) is 5.95. The van der Waals surface area contributed by atoms with E-state index >= 15 is 0 Å². The van der Waals surface area contributed by atoms with E-state index in [1.807, 2.05) is 18.2 Å². The molecule has 1 aromatic heterocycles. The van der Waals surface area contributed by atoms with E-state index in [0.29, 0.717) is 21.8 Å². The van der Waals surface area contributed by atoms with Gasteiger partial charge in [-0.15, -0.1) is 0 Å². The molecule has 132 valence electrons. The second kappa shape index (κ2) is 6.92. The summed E-state index contributed by atoms with van der Waals surface area (Å²) in [6.45, 7) is 3.86. The van der Waals surface area contributed by atoms with Crippen LogP contribution < -0.4 is 9.60 Å². The van der Waals surface area contributed by atoms with Crippen molar-refractivity contribution in [3.8, 4) is 0 Å². The highest BCUT2D eigenvalue weighted by atomic mass is 35.5. The van der Waals surface area contributed by atoms with Crippen molar-refractivity contribution >= 4 is 43.2 Å². The van der Waals surface area contributed by atoms with E-state index in [1.165, 1.54) is 12.1 Å². The Bertz CT molecular complexity index is 1080. The van der Waals surface area contributed by atoms with Crippen LogP contribution in [0, 0.1) is 0 Å². The SMILES string of the molecule is CC(C)NS(=O)(=O)c1ccc2c(c1)sc(=O)n2Cc1ccccc1Cl. The van der Waals surface area contributed by atoms with Crippen LogP contribution in [0.15, 0.2) is 52.2 Å². The van der Waals surface area contributed by atoms with Crippen molar-refractivity contribution in [2.45, 2.75) is 31.3 Å². The minimum atomic E-state index is -3.60. The summed E-state index contributed by atoms with van der Waals surface area (Å²) in [6, 6.07) is 11.9. The quantitative estimate of drug-likeness (QED) is 0.718. The van der Waals surface area contributed by atoms with E-state index in [4.69, 9.17) is 11.6 Å². The van der Waals surface area contributed by atoms with Crippen LogP contribution in [0.1, 0.15) is 19.4 Å². The number of halogens is 1. The van der Waals surface area contributed by atoms with E-state index in [0.717, 1.165) is 16.9 Å². The van der Waals surface area contributed by atoms with E-state index in [9.17, 15) is 13.2 Å². The van der Waals surface area contributed by atoms with Gasteiger partial charge in [0.25, 0.3) is 0 Å². The van der Waals surface area contributed by atoms with Gasteiger partial charge in [-0.05, 0) is 43.7 Å². The van der Waals surface area contributed by atoms with E-state index in [1.54, 1.807) is 30.5 Å². The lowest BCUT2D eigenvalue weighted by Crippen LogP contribution is -2.30. The van der Waals surface area contributed by atoms with Crippen LogP contribution in [0.3, 0.4) is 0 Å². The molecule has 0 saturated carbocycles. The smallest absolute Gasteiger partial charge is 0.294 e. The molecule has 0 atom stereocenters. The van der Waals surface area contributed by atoms with E-state index in [-0.39, 0.29) is 15.8 Å². The highest BCUT2D eigenvalue weighted by Crippen LogP contribution is 2.24. The van der Waals surface area contributed by atoms with Gasteiger partial charge in [-0.25, -0.2) is 13.1 Å². The van der Waals surface area contributed by atoms with Crippen molar-refractivity contribution in [3.05, 3.63) is 62.7 Å². The molecule has 8 heteroatoms. The molecule has 0 amide bonds. The number of thiazole rings is 1. The van der Waals surface area contributed by atoms with Crippen molar-refractivity contribution in [3.63, 3.8) is 0 Å². The van der Waals surface area contributed by atoms with Crippen molar-refractivity contribution < 1.29 is 8.42 Å². The van der Waals surface area contributed by atoms with E-state index < -0.39 is 10.0 Å². The van der Waals surface area contributed by atoms with Gasteiger partial charge < -0.3 is 0 Å². The maximum Gasteiger partial charge on any atom is 0.308 e. The molecule has 25 heavy (non-hydrogen) atoms. The van der Waals surface area contributed by atoms with Crippen molar-refractivity contribution in [1.29, 1.82) is 0 Å². The monoisotopic (exact) mass is 396 g/mol. The first-order valence-corrected chi connectivity index (χ1v) is 10.3. The summed E-state index contributed by atoms with van der Waals surface area (Å²) >= 11 is 7.20. The third kappa shape index (κ3) is 3.79. The maximum absolute atomic E-state index is 12.4. The molecule has 1 heterocycles. The number of nitrogens with one attached hydrogen (secondary N) is 1. The molecular weight excluding hydrogens is 380 g/mol. The third-order valence-corrected chi connectivity index (χ3v) is 6.59. The van der Waals surface area contributed by atoms with Crippen LogP contribution in [-0.4, -0.2) is 19.0 Å². The molecule has 0 bridgehead atoms. The lowest BCUT2D eigenvalue weighted by Gasteiger charge is -2.10. The molecule has 0 aliphatic rings. The molecule has 0 fully saturated rings. The molecule has 0 radical (unpaired) electrons. The number of fused-ring (bicyclic) bond motifs is 1. The second-order valence-corrected chi connectivity index (χ2v) is 9.07. The number of hydrogen-bond acceptors (Lipinski definition) is 4. The van der Waals surface area contributed by atoms with Gasteiger partial charge in [0.1, 0.15) is 0 Å². The zero-order chi connectivity index (χ0) is 18.2. The van der Waals surface area contributed by atoms with Gasteiger partial charge in [0.2, 0.25) is 10.0 Å². The van der Waals surface area contributed by atoms with Gasteiger partial charge in [-0.2, -0.15) is 0 Å². The number of rotatable bonds is 5. The summed E-state index contributed by atoms with van der Waals surface area (Å²) in [6.07, 6.45) is 0. The summed E-state index contributed by atoms with van der Waals surface area (Å²) in [5.41, 5.74) is 1.53. The first-order valence-electron chi connectivity index (χ1n) is 7.67. The van der Waals surface area contributed by atoms with Crippen molar-refractivity contribution in [2.24, 2.45) is 0 Å². The van der Waals surface area contributed by atoms with Gasteiger partial charge >= 0.3 is 4.87 Å². The normalized spacial score (nSPS) is 12.2. The minimum absolute atomic E-state index is 0.152. The van der Waals surface area contributed by atoms with E-state index in [2.05, 4.69) is 4.72 Å². The molecule has 0 aliphatic carbocycles. The van der Waals surface area contributed by atoms with Gasteiger partial charge in [-0.3, -0.25) is 9.36 Å². The number of hydrogen-bond donors (Lipinski definition) is 1. The van der Waals surface area contributed by atoms with Crippen molar-refractivity contribution in [2.75, 3.05) is 0 Å². The van der Waals surface area contributed by atoms with Gasteiger partial charge in [0.15, 0.2) is 0 Å². The molecule has 0 aliphatic heterocycles. The molecule has 3 rings (SSSR count). The molecule has 0 unspecified atom stereocenters. The van der Waals surface area contributed by atoms with Crippen LogP contribution in [0.2, 0.25) is 5.02 Å². The Labute approximate surface area is 154 Å². The zero-order valence-corrected chi connectivity index (χ0v) is 16.1. The molecule has 5 nitrogen and oxygen atoms in total. The van der Waals surface area contributed by atoms with Gasteiger partial charge in [-0.1, -0.05) is 41.1 Å². The summed E-state index contributed by atoms with van der Waals surface area (Å²) in [4.78, 5) is 12.4. The van der Waals surface area contributed by atoms with Crippen LogP contribution in [0.4, 0.5) is 0 Å². The Kier molecular flexibility index (Phi) is 5.02. The Morgan fingerprint density at radius 2 is 1.92 bits per heavy atom. The topological polar surface area (TPSA) is 68.2 Å². The predicted molar refractivity (Wildman–Crippen MR) is 102 cm³/mol. The average molecular weight is 397 g/mol. The van der Waals surface area contributed by atoms with Gasteiger partial charge in [0, 0.05) is 11.1 Å². The molecule has 3 aromatic rings. The lowest BCUT2D eigenvalue weighted by atomic mass is 10.2. The zero-order valence-electron chi connectivity index (χ0n) is 13.7. The largest absolute Gasteiger partial charge is 0.308 e. The third-order valence-electron chi connectivity index (χ3n) is 3.63. The average Bonchev–Trinajstić information content (AvgIpc) is 2.83. The molecule has 0 spiro atoms. The summed E-state index contributed by atoms with van der Waals surface area (Å²) in [5.74, 6) is 0. The Morgan fingerprint density at radius 3 is 2.60 bits per heavy atom. The highest BCUT2D eigenvalue weighted by molar-refractivity contribution is 7.89. The summed E-state index contributed by atoms with van der Waals surface area (Å²) < 4.78 is 29.4. The Morgan fingerprint density at radius 1 is 1.20 bits per heavy atom. The number of nitrogens with zero attached hydrogens (tertiary/aromatic N) is 1. The fourth-order valence-electron chi connectivity index (χ4n) is 2.54. The molecule has 0 saturated heterocycles. The van der Waals surface area contributed by atoms with Crippen molar-refractivity contribution in [1.82, 2.24) is 9.29 Å². The van der Waals surface area contributed by atoms with Crippen LogP contribution in [-0.2, 0) is 16.6 Å². The summed E-state index contributed by atoms with van der Waals surface area (Å²) in [7, 11) is -3.60. The maximum atomic E-state index is 12.4. The van der Waals surface area contributed by atoms with Gasteiger partial charge in [0.05, 0.1) is 21.7 Å². The first-order chi connectivity index (χ1) is 11.8. The fourth-order valence-corrected chi connectivity index (χ4v) is 5.02. The lowest BCUT2D eigenvalue weighted by molar-refractivity contribution is 0.570. The van der Waals surface area contributed by atoms with Crippen LogP contribution >= 0.6 is 22.9 Å². The Balaban J connectivity index is 2.05. The first kappa shape index (κ1) is 18.1. The number of aromatic nitrogens is 1. The van der Waals surface area contributed by atoms with Crippen LogP contribution in [0.25, 0.3) is 10.2 Å². The molecule has 1 N–H and O–H groups in total.